The van der Waals surface area contributed by atoms with Crippen molar-refractivity contribution in [1.82, 2.24) is 0 Å². The first-order valence-electron chi connectivity index (χ1n) is 5.84. The molecule has 3 nitrogen and oxygen atoms in total. The summed E-state index contributed by atoms with van der Waals surface area (Å²) in [5.74, 6) is 0.870. The predicted molar refractivity (Wildman–Crippen MR) is 64.3 cm³/mol. The van der Waals surface area contributed by atoms with Crippen LogP contribution in [0.5, 0.6) is 0 Å². The second-order valence-corrected chi connectivity index (χ2v) is 5.54. The third-order valence-corrected chi connectivity index (χ3v) is 3.82. The molecule has 2 N–H and O–H groups in total. The van der Waals surface area contributed by atoms with E-state index in [0.717, 1.165) is 12.8 Å². The van der Waals surface area contributed by atoms with Crippen molar-refractivity contribution >= 4 is 10.8 Å². The van der Waals surface area contributed by atoms with E-state index in [1.54, 1.807) is 0 Å². The molecule has 0 aliphatic carbocycles. The van der Waals surface area contributed by atoms with Gasteiger partial charge in [-0.15, -0.1) is 0 Å². The maximum atomic E-state index is 11.3. The van der Waals surface area contributed by atoms with Gasteiger partial charge in [-0.1, -0.05) is 39.0 Å². The lowest BCUT2D eigenvalue weighted by atomic mass is 10.1. The van der Waals surface area contributed by atoms with Gasteiger partial charge in [-0.2, -0.15) is 0 Å². The van der Waals surface area contributed by atoms with E-state index in [2.05, 4.69) is 6.92 Å². The van der Waals surface area contributed by atoms with Crippen molar-refractivity contribution in [3.63, 3.8) is 0 Å². The van der Waals surface area contributed by atoms with E-state index in [-0.39, 0.29) is 12.4 Å². The van der Waals surface area contributed by atoms with Crippen LogP contribution in [0.3, 0.4) is 0 Å². The average molecular weight is 236 g/mol. The first kappa shape index (κ1) is 15.1. The third kappa shape index (κ3) is 10.4. The van der Waals surface area contributed by atoms with Crippen LogP contribution in [0.1, 0.15) is 45.4 Å². The van der Waals surface area contributed by atoms with Crippen LogP contribution in [-0.2, 0) is 10.8 Å². The van der Waals surface area contributed by atoms with Crippen LogP contribution >= 0.6 is 0 Å². The Labute approximate surface area is 95.4 Å². The molecule has 0 radical (unpaired) electrons. The zero-order chi connectivity index (χ0) is 11.5. The summed E-state index contributed by atoms with van der Waals surface area (Å²) in [6, 6.07) is 0. The molecule has 0 aliphatic heterocycles. The Hall–Kier alpha value is 0.0700. The van der Waals surface area contributed by atoms with Gasteiger partial charge in [-0.3, -0.25) is 4.21 Å². The molecular formula is C11H24O3S. The Morgan fingerprint density at radius 1 is 1.13 bits per heavy atom. The fourth-order valence-electron chi connectivity index (χ4n) is 1.39. The van der Waals surface area contributed by atoms with Crippen LogP contribution < -0.4 is 0 Å². The normalized spacial score (nSPS) is 15.1. The average Bonchev–Trinajstić information content (AvgIpc) is 2.23. The Bertz CT molecular complexity index is 162. The van der Waals surface area contributed by atoms with E-state index in [9.17, 15) is 4.21 Å². The highest BCUT2D eigenvalue weighted by Crippen LogP contribution is 2.05. The van der Waals surface area contributed by atoms with E-state index >= 15 is 0 Å². The van der Waals surface area contributed by atoms with Crippen molar-refractivity contribution in [2.75, 3.05) is 18.1 Å². The van der Waals surface area contributed by atoms with Crippen LogP contribution in [-0.4, -0.2) is 38.6 Å². The maximum Gasteiger partial charge on any atom is 0.0885 e. The van der Waals surface area contributed by atoms with Gasteiger partial charge >= 0.3 is 0 Å². The first-order chi connectivity index (χ1) is 7.20. The number of aliphatic hydroxyl groups excluding tert-OH is 2. The lowest BCUT2D eigenvalue weighted by Crippen LogP contribution is -2.21. The molecule has 4 heteroatoms. The molecule has 0 amide bonds. The molecule has 0 rings (SSSR count). The van der Waals surface area contributed by atoms with E-state index in [1.165, 1.54) is 25.7 Å². The first-order valence-corrected chi connectivity index (χ1v) is 7.33. The minimum Gasteiger partial charge on any atom is -0.394 e. The van der Waals surface area contributed by atoms with Gasteiger partial charge in [0.2, 0.25) is 0 Å². The monoisotopic (exact) mass is 236 g/mol. The fourth-order valence-corrected chi connectivity index (χ4v) is 2.62. The largest absolute Gasteiger partial charge is 0.394 e. The number of hydrogen-bond acceptors (Lipinski definition) is 3. The van der Waals surface area contributed by atoms with Crippen LogP contribution in [0.25, 0.3) is 0 Å². The summed E-state index contributed by atoms with van der Waals surface area (Å²) in [6.45, 7) is 1.90. The van der Waals surface area contributed by atoms with Crippen LogP contribution in [0.2, 0.25) is 0 Å². The summed E-state index contributed by atoms with van der Waals surface area (Å²) in [5, 5.41) is 17.6. The fraction of sp³-hybridized carbons (Fsp3) is 1.00. The highest BCUT2D eigenvalue weighted by atomic mass is 32.2. The minimum absolute atomic E-state index is 0.214. The topological polar surface area (TPSA) is 57.5 Å². The highest BCUT2D eigenvalue weighted by Gasteiger charge is 2.07. The lowest BCUT2D eigenvalue weighted by molar-refractivity contribution is 0.113. The van der Waals surface area contributed by atoms with Crippen LogP contribution in [0.4, 0.5) is 0 Å². The quantitative estimate of drug-likeness (QED) is 0.564. The molecule has 0 spiro atoms. The van der Waals surface area contributed by atoms with Crippen molar-refractivity contribution in [2.45, 2.75) is 51.6 Å². The molecule has 0 bridgehead atoms. The molecule has 2 atom stereocenters. The number of aliphatic hydroxyl groups is 2. The van der Waals surface area contributed by atoms with Crippen molar-refractivity contribution in [3.8, 4) is 0 Å². The molecule has 0 aromatic rings. The molecule has 0 saturated heterocycles. The number of rotatable bonds is 10. The van der Waals surface area contributed by atoms with Gasteiger partial charge in [-0.05, 0) is 6.42 Å². The van der Waals surface area contributed by atoms with E-state index in [1.807, 2.05) is 0 Å². The van der Waals surface area contributed by atoms with E-state index in [4.69, 9.17) is 10.2 Å². The molecular weight excluding hydrogens is 212 g/mol. The van der Waals surface area contributed by atoms with Gasteiger partial charge in [-0.25, -0.2) is 0 Å². The Morgan fingerprint density at radius 3 is 2.33 bits per heavy atom. The van der Waals surface area contributed by atoms with E-state index in [0.29, 0.717) is 5.75 Å². The Morgan fingerprint density at radius 2 is 1.73 bits per heavy atom. The zero-order valence-corrected chi connectivity index (χ0v) is 10.5. The molecule has 0 aliphatic rings. The molecule has 0 aromatic heterocycles. The Balaban J connectivity index is 3.24. The highest BCUT2D eigenvalue weighted by molar-refractivity contribution is 7.85. The van der Waals surface area contributed by atoms with Gasteiger partial charge in [0.05, 0.1) is 18.5 Å². The summed E-state index contributed by atoms with van der Waals surface area (Å²) >= 11 is 0. The standard InChI is InChI=1S/C11H24O3S/c1-2-3-4-5-6-7-8-15(14)10-11(13)9-12/h11-13H,2-10H2,1H3/t11-,15+/m0/s1. The lowest BCUT2D eigenvalue weighted by Gasteiger charge is -2.06. The van der Waals surface area contributed by atoms with Crippen molar-refractivity contribution in [3.05, 3.63) is 0 Å². The second-order valence-electron chi connectivity index (χ2n) is 3.91. The van der Waals surface area contributed by atoms with Crippen molar-refractivity contribution in [1.29, 1.82) is 0 Å². The summed E-state index contributed by atoms with van der Waals surface area (Å²) in [5.41, 5.74) is 0. The van der Waals surface area contributed by atoms with Gasteiger partial charge in [0, 0.05) is 16.6 Å². The summed E-state index contributed by atoms with van der Waals surface area (Å²) in [6.07, 6.45) is 6.29. The molecule has 92 valence electrons. The molecule has 0 unspecified atom stereocenters. The minimum atomic E-state index is -0.967. The second kappa shape index (κ2) is 10.6. The molecule has 0 saturated carbocycles. The molecule has 0 fully saturated rings. The molecule has 0 heterocycles. The van der Waals surface area contributed by atoms with Crippen LogP contribution in [0.15, 0.2) is 0 Å². The van der Waals surface area contributed by atoms with E-state index < -0.39 is 16.9 Å². The van der Waals surface area contributed by atoms with Gasteiger partial charge in [0.15, 0.2) is 0 Å². The smallest absolute Gasteiger partial charge is 0.0885 e. The summed E-state index contributed by atoms with van der Waals surface area (Å²) in [4.78, 5) is 0. The third-order valence-electron chi connectivity index (χ3n) is 2.31. The predicted octanol–water partition coefficient (Wildman–Crippen LogP) is 1.45. The van der Waals surface area contributed by atoms with Gasteiger partial charge in [0.25, 0.3) is 0 Å². The van der Waals surface area contributed by atoms with Gasteiger partial charge < -0.3 is 10.2 Å². The summed E-state index contributed by atoms with van der Waals surface area (Å²) < 4.78 is 11.3. The summed E-state index contributed by atoms with van der Waals surface area (Å²) in [7, 11) is -0.967. The van der Waals surface area contributed by atoms with Crippen molar-refractivity contribution in [2.24, 2.45) is 0 Å². The molecule has 0 aromatic carbocycles. The van der Waals surface area contributed by atoms with Crippen molar-refractivity contribution < 1.29 is 14.4 Å². The number of hydrogen-bond donors (Lipinski definition) is 2. The SMILES string of the molecule is CCCCCCCC[S@@](=O)C[C@@H](O)CO. The maximum absolute atomic E-state index is 11.3. The van der Waals surface area contributed by atoms with Crippen LogP contribution in [0, 0.1) is 0 Å². The Kier molecular flexibility index (Phi) is 10.6. The zero-order valence-electron chi connectivity index (χ0n) is 9.65. The van der Waals surface area contributed by atoms with Gasteiger partial charge in [0.1, 0.15) is 0 Å². The molecule has 15 heavy (non-hydrogen) atoms. The number of unbranched alkanes of at least 4 members (excludes halogenated alkanes) is 5.